The minimum absolute atomic E-state index is 0.0394. The third-order valence-electron chi connectivity index (χ3n) is 4.30. The van der Waals surface area contributed by atoms with Crippen LogP contribution in [0.25, 0.3) is 0 Å². The van der Waals surface area contributed by atoms with E-state index in [1.165, 1.54) is 6.26 Å². The minimum Gasteiger partial charge on any atom is -0.370 e. The van der Waals surface area contributed by atoms with Gasteiger partial charge in [0.25, 0.3) is 5.91 Å². The van der Waals surface area contributed by atoms with Crippen LogP contribution in [-0.4, -0.2) is 33.7 Å². The average molecular weight is 393 g/mol. The first-order valence-corrected chi connectivity index (χ1v) is 10.9. The largest absolute Gasteiger partial charge is 0.370 e. The minimum atomic E-state index is -3.10. The van der Waals surface area contributed by atoms with Gasteiger partial charge in [0.1, 0.15) is 0 Å². The molecule has 7 heteroatoms. The highest BCUT2D eigenvalue weighted by molar-refractivity contribution is 7.89. The van der Waals surface area contributed by atoms with Gasteiger partial charge in [-0.15, -0.1) is 0 Å². The first kappa shape index (κ1) is 18.7. The maximum Gasteiger partial charge on any atom is 0.255 e. The molecule has 1 aliphatic rings. The van der Waals surface area contributed by atoms with Crippen LogP contribution in [0.15, 0.2) is 42.5 Å². The zero-order chi connectivity index (χ0) is 18.7. The highest BCUT2D eigenvalue weighted by Gasteiger charge is 2.18. The van der Waals surface area contributed by atoms with Gasteiger partial charge in [-0.3, -0.25) is 4.79 Å². The zero-order valence-electron chi connectivity index (χ0n) is 14.5. The van der Waals surface area contributed by atoms with E-state index >= 15 is 0 Å². The molecule has 138 valence electrons. The molecule has 0 unspecified atom stereocenters. The third-order valence-corrected chi connectivity index (χ3v) is 5.39. The van der Waals surface area contributed by atoms with Crippen LogP contribution < -0.4 is 10.2 Å². The molecule has 0 aromatic heterocycles. The number of benzene rings is 2. The van der Waals surface area contributed by atoms with Gasteiger partial charge in [-0.2, -0.15) is 0 Å². The predicted molar refractivity (Wildman–Crippen MR) is 106 cm³/mol. The van der Waals surface area contributed by atoms with Crippen molar-refractivity contribution in [3.05, 3.63) is 58.6 Å². The Morgan fingerprint density at radius 1 is 1.12 bits per heavy atom. The predicted octanol–water partition coefficient (Wildman–Crippen LogP) is 3.74. The number of hydrogen-bond acceptors (Lipinski definition) is 4. The summed E-state index contributed by atoms with van der Waals surface area (Å²) in [4.78, 5) is 14.8. The van der Waals surface area contributed by atoms with Crippen molar-refractivity contribution in [2.24, 2.45) is 0 Å². The van der Waals surface area contributed by atoms with E-state index in [4.69, 9.17) is 11.6 Å². The average Bonchev–Trinajstić information content (AvgIpc) is 3.08. The molecule has 1 N–H and O–H groups in total. The summed E-state index contributed by atoms with van der Waals surface area (Å²) in [6.45, 7) is 1.93. The first-order chi connectivity index (χ1) is 12.3. The number of sulfone groups is 1. The Bertz CT molecular complexity index is 905. The monoisotopic (exact) mass is 392 g/mol. The van der Waals surface area contributed by atoms with E-state index in [0.717, 1.165) is 31.6 Å². The highest BCUT2D eigenvalue weighted by atomic mass is 35.5. The SMILES string of the molecule is CS(=O)(=O)Cc1ccc(C(=O)Nc2cc(Cl)ccc2N2CCCC2)cc1. The van der Waals surface area contributed by atoms with Crippen LogP contribution in [0, 0.1) is 0 Å². The van der Waals surface area contributed by atoms with E-state index in [9.17, 15) is 13.2 Å². The Morgan fingerprint density at radius 3 is 2.38 bits per heavy atom. The fraction of sp³-hybridized carbons (Fsp3) is 0.316. The first-order valence-electron chi connectivity index (χ1n) is 8.44. The van der Waals surface area contributed by atoms with E-state index in [1.807, 2.05) is 12.1 Å². The molecule has 2 aromatic carbocycles. The molecule has 1 amide bonds. The topological polar surface area (TPSA) is 66.5 Å². The van der Waals surface area contributed by atoms with Gasteiger partial charge in [0.2, 0.25) is 0 Å². The summed E-state index contributed by atoms with van der Waals surface area (Å²) in [6.07, 6.45) is 3.46. The molecule has 0 spiro atoms. The molecular formula is C19H21ClN2O3S. The Balaban J connectivity index is 1.78. The molecule has 0 aliphatic carbocycles. The summed E-state index contributed by atoms with van der Waals surface area (Å²) in [5.74, 6) is -0.291. The number of nitrogens with one attached hydrogen (secondary N) is 1. The number of carbonyl (C=O) groups excluding carboxylic acids is 1. The molecule has 1 aliphatic heterocycles. The Hall–Kier alpha value is -2.05. The van der Waals surface area contributed by atoms with Crippen molar-refractivity contribution >= 4 is 38.7 Å². The number of amides is 1. The number of halogens is 1. The molecule has 3 rings (SSSR count). The molecule has 1 saturated heterocycles. The lowest BCUT2D eigenvalue weighted by atomic mass is 10.1. The highest BCUT2D eigenvalue weighted by Crippen LogP contribution is 2.31. The third kappa shape index (κ3) is 4.77. The molecule has 0 bridgehead atoms. The molecule has 0 atom stereocenters. The van der Waals surface area contributed by atoms with Crippen molar-refractivity contribution in [3.8, 4) is 0 Å². The van der Waals surface area contributed by atoms with Crippen molar-refractivity contribution in [3.63, 3.8) is 0 Å². The summed E-state index contributed by atoms with van der Waals surface area (Å²) >= 11 is 6.11. The standard InChI is InChI=1S/C19H21ClN2O3S/c1-26(24,25)13-14-4-6-15(7-5-14)19(23)21-17-12-16(20)8-9-18(17)22-10-2-3-11-22/h4-9,12H,2-3,10-11,13H2,1H3,(H,21,23). The lowest BCUT2D eigenvalue weighted by Crippen LogP contribution is -2.21. The number of carbonyl (C=O) groups is 1. The second kappa shape index (κ2) is 7.68. The maximum atomic E-state index is 12.6. The summed E-state index contributed by atoms with van der Waals surface area (Å²) in [6, 6.07) is 12.1. The number of nitrogens with zero attached hydrogens (tertiary/aromatic N) is 1. The fourth-order valence-corrected chi connectivity index (χ4v) is 4.06. The molecular weight excluding hydrogens is 372 g/mol. The van der Waals surface area contributed by atoms with E-state index in [1.54, 1.807) is 30.3 Å². The quantitative estimate of drug-likeness (QED) is 0.841. The van der Waals surface area contributed by atoms with Crippen molar-refractivity contribution < 1.29 is 13.2 Å². The fourth-order valence-electron chi connectivity index (χ4n) is 3.09. The van der Waals surface area contributed by atoms with E-state index < -0.39 is 9.84 Å². The smallest absolute Gasteiger partial charge is 0.255 e. The second-order valence-electron chi connectivity index (χ2n) is 6.58. The van der Waals surface area contributed by atoms with Crippen LogP contribution in [0.2, 0.25) is 5.02 Å². The molecule has 0 radical (unpaired) electrons. The molecule has 2 aromatic rings. The Labute approximate surface area is 158 Å². The molecule has 1 fully saturated rings. The van der Waals surface area contributed by atoms with Gasteiger partial charge in [-0.1, -0.05) is 23.7 Å². The second-order valence-corrected chi connectivity index (χ2v) is 9.15. The number of hydrogen-bond donors (Lipinski definition) is 1. The van der Waals surface area contributed by atoms with Gasteiger partial charge < -0.3 is 10.2 Å². The lowest BCUT2D eigenvalue weighted by Gasteiger charge is -2.22. The van der Waals surface area contributed by atoms with Gasteiger partial charge >= 0.3 is 0 Å². The number of rotatable bonds is 5. The van der Waals surface area contributed by atoms with E-state index in [2.05, 4.69) is 10.2 Å². The van der Waals surface area contributed by atoms with Crippen LogP contribution in [-0.2, 0) is 15.6 Å². The van der Waals surface area contributed by atoms with Crippen molar-refractivity contribution in [2.45, 2.75) is 18.6 Å². The molecule has 5 nitrogen and oxygen atoms in total. The van der Waals surface area contributed by atoms with Gasteiger partial charge in [0, 0.05) is 29.9 Å². The van der Waals surface area contributed by atoms with Gasteiger partial charge in [0.15, 0.2) is 9.84 Å². The van der Waals surface area contributed by atoms with Crippen LogP contribution in [0.5, 0.6) is 0 Å². The van der Waals surface area contributed by atoms with E-state index in [0.29, 0.717) is 21.8 Å². The summed E-state index contributed by atoms with van der Waals surface area (Å²) in [5, 5.41) is 3.49. The maximum absolute atomic E-state index is 12.6. The van der Waals surface area contributed by atoms with Crippen LogP contribution >= 0.6 is 11.6 Å². The van der Waals surface area contributed by atoms with Gasteiger partial charge in [0.05, 0.1) is 17.1 Å². The summed E-state index contributed by atoms with van der Waals surface area (Å²) < 4.78 is 22.7. The molecule has 1 heterocycles. The van der Waals surface area contributed by atoms with Gasteiger partial charge in [-0.05, 0) is 48.7 Å². The van der Waals surface area contributed by atoms with Crippen LogP contribution in [0.3, 0.4) is 0 Å². The molecule has 26 heavy (non-hydrogen) atoms. The van der Waals surface area contributed by atoms with Crippen LogP contribution in [0.4, 0.5) is 11.4 Å². The Kier molecular flexibility index (Phi) is 5.53. The van der Waals surface area contributed by atoms with Gasteiger partial charge in [-0.25, -0.2) is 8.42 Å². The van der Waals surface area contributed by atoms with Crippen molar-refractivity contribution in [2.75, 3.05) is 29.6 Å². The lowest BCUT2D eigenvalue weighted by molar-refractivity contribution is 0.102. The normalized spacial score (nSPS) is 14.5. The number of anilines is 2. The molecule has 0 saturated carbocycles. The summed E-state index contributed by atoms with van der Waals surface area (Å²) in [5.41, 5.74) is 2.78. The Morgan fingerprint density at radius 2 is 1.77 bits per heavy atom. The van der Waals surface area contributed by atoms with E-state index in [-0.39, 0.29) is 11.7 Å². The van der Waals surface area contributed by atoms with Crippen molar-refractivity contribution in [1.82, 2.24) is 0 Å². The zero-order valence-corrected chi connectivity index (χ0v) is 16.1. The van der Waals surface area contributed by atoms with Crippen LogP contribution in [0.1, 0.15) is 28.8 Å². The summed E-state index contributed by atoms with van der Waals surface area (Å²) in [7, 11) is -3.10. The van der Waals surface area contributed by atoms with Crippen molar-refractivity contribution in [1.29, 1.82) is 0 Å².